The number of halogens is 1. The quantitative estimate of drug-likeness (QED) is 0.504. The van der Waals surface area contributed by atoms with Crippen LogP contribution in [0.5, 0.6) is 0 Å². The SMILES string of the molecule is CSc1ccc(C)cc1CCl. The summed E-state index contributed by atoms with van der Waals surface area (Å²) in [7, 11) is 0. The number of hydrogen-bond acceptors (Lipinski definition) is 1. The van der Waals surface area contributed by atoms with E-state index in [1.54, 1.807) is 11.8 Å². The van der Waals surface area contributed by atoms with Crippen LogP contribution < -0.4 is 0 Å². The number of hydrogen-bond donors (Lipinski definition) is 0. The maximum absolute atomic E-state index is 5.77. The standard InChI is InChI=1S/C9H11ClS/c1-7-3-4-9(11-2)8(5-7)6-10/h3-5H,6H2,1-2H3. The van der Waals surface area contributed by atoms with Crippen molar-refractivity contribution in [3.63, 3.8) is 0 Å². The van der Waals surface area contributed by atoms with E-state index in [9.17, 15) is 0 Å². The molecule has 0 amide bonds. The zero-order valence-corrected chi connectivity index (χ0v) is 8.30. The lowest BCUT2D eigenvalue weighted by molar-refractivity contribution is 1.23. The maximum Gasteiger partial charge on any atom is 0.0485 e. The van der Waals surface area contributed by atoms with Crippen molar-refractivity contribution < 1.29 is 0 Å². The Balaban J connectivity index is 3.06. The summed E-state index contributed by atoms with van der Waals surface area (Å²) in [6.45, 7) is 2.08. The Bertz CT molecular complexity index is 245. The van der Waals surface area contributed by atoms with Crippen LogP contribution in [0.1, 0.15) is 11.1 Å². The fraction of sp³-hybridized carbons (Fsp3) is 0.333. The summed E-state index contributed by atoms with van der Waals surface area (Å²) in [6, 6.07) is 6.37. The Morgan fingerprint density at radius 1 is 1.45 bits per heavy atom. The molecule has 0 bridgehead atoms. The van der Waals surface area contributed by atoms with Crippen molar-refractivity contribution in [1.29, 1.82) is 0 Å². The fourth-order valence-corrected chi connectivity index (χ4v) is 1.91. The number of alkyl halides is 1. The number of benzene rings is 1. The minimum Gasteiger partial charge on any atom is -0.129 e. The second-order valence-corrected chi connectivity index (χ2v) is 3.56. The van der Waals surface area contributed by atoms with Crippen LogP contribution in [0.2, 0.25) is 0 Å². The van der Waals surface area contributed by atoms with E-state index in [4.69, 9.17) is 11.6 Å². The molecular formula is C9H11ClS. The Labute approximate surface area is 77.0 Å². The van der Waals surface area contributed by atoms with E-state index in [1.807, 2.05) is 0 Å². The smallest absolute Gasteiger partial charge is 0.0485 e. The Morgan fingerprint density at radius 3 is 2.73 bits per heavy atom. The summed E-state index contributed by atoms with van der Waals surface area (Å²) in [5.74, 6) is 0.609. The van der Waals surface area contributed by atoms with Gasteiger partial charge in [0.15, 0.2) is 0 Å². The van der Waals surface area contributed by atoms with Crippen molar-refractivity contribution in [2.24, 2.45) is 0 Å². The zero-order chi connectivity index (χ0) is 8.27. The topological polar surface area (TPSA) is 0 Å². The molecule has 11 heavy (non-hydrogen) atoms. The van der Waals surface area contributed by atoms with Gasteiger partial charge in [-0.05, 0) is 24.8 Å². The Kier molecular flexibility index (Phi) is 3.28. The van der Waals surface area contributed by atoms with Gasteiger partial charge in [0.1, 0.15) is 0 Å². The molecular weight excluding hydrogens is 176 g/mol. The first-order valence-electron chi connectivity index (χ1n) is 3.47. The van der Waals surface area contributed by atoms with E-state index in [1.165, 1.54) is 16.0 Å². The minimum atomic E-state index is 0.609. The van der Waals surface area contributed by atoms with Crippen LogP contribution in [0.25, 0.3) is 0 Å². The molecule has 2 heteroatoms. The second kappa shape index (κ2) is 4.03. The monoisotopic (exact) mass is 186 g/mol. The van der Waals surface area contributed by atoms with Crippen LogP contribution in [0.15, 0.2) is 23.1 Å². The van der Waals surface area contributed by atoms with Crippen LogP contribution >= 0.6 is 23.4 Å². The molecule has 0 unspecified atom stereocenters. The van der Waals surface area contributed by atoms with E-state index >= 15 is 0 Å². The average molecular weight is 187 g/mol. The molecule has 0 radical (unpaired) electrons. The third-order valence-electron chi connectivity index (χ3n) is 1.58. The molecule has 60 valence electrons. The van der Waals surface area contributed by atoms with E-state index in [0.717, 1.165) is 0 Å². The maximum atomic E-state index is 5.77. The highest BCUT2D eigenvalue weighted by molar-refractivity contribution is 7.98. The molecule has 0 aliphatic rings. The highest BCUT2D eigenvalue weighted by Gasteiger charge is 1.98. The number of aryl methyl sites for hydroxylation is 1. The summed E-state index contributed by atoms with van der Waals surface area (Å²) < 4.78 is 0. The second-order valence-electron chi connectivity index (χ2n) is 2.45. The lowest BCUT2D eigenvalue weighted by Gasteiger charge is -2.03. The number of rotatable bonds is 2. The van der Waals surface area contributed by atoms with Crippen LogP contribution in [-0.4, -0.2) is 6.26 Å². The van der Waals surface area contributed by atoms with Gasteiger partial charge in [0.25, 0.3) is 0 Å². The van der Waals surface area contributed by atoms with Crippen molar-refractivity contribution >= 4 is 23.4 Å². The van der Waals surface area contributed by atoms with E-state index in [-0.39, 0.29) is 0 Å². The minimum absolute atomic E-state index is 0.609. The first kappa shape index (κ1) is 8.95. The molecule has 0 saturated heterocycles. The summed E-state index contributed by atoms with van der Waals surface area (Å²) in [4.78, 5) is 1.28. The first-order chi connectivity index (χ1) is 5.27. The van der Waals surface area contributed by atoms with Gasteiger partial charge < -0.3 is 0 Å². The average Bonchev–Trinajstić information content (AvgIpc) is 2.04. The van der Waals surface area contributed by atoms with Gasteiger partial charge in [-0.2, -0.15) is 0 Å². The van der Waals surface area contributed by atoms with Crippen LogP contribution in [0.4, 0.5) is 0 Å². The largest absolute Gasteiger partial charge is 0.129 e. The normalized spacial score (nSPS) is 10.1. The van der Waals surface area contributed by atoms with Crippen LogP contribution in [-0.2, 0) is 5.88 Å². The zero-order valence-electron chi connectivity index (χ0n) is 6.73. The van der Waals surface area contributed by atoms with Gasteiger partial charge in [0, 0.05) is 10.8 Å². The molecule has 1 aromatic rings. The molecule has 0 saturated carbocycles. The first-order valence-corrected chi connectivity index (χ1v) is 5.23. The lowest BCUT2D eigenvalue weighted by atomic mass is 10.2. The lowest BCUT2D eigenvalue weighted by Crippen LogP contribution is -1.83. The molecule has 0 atom stereocenters. The molecule has 0 aliphatic carbocycles. The number of thioether (sulfide) groups is 1. The summed E-state index contributed by atoms with van der Waals surface area (Å²) in [5.41, 5.74) is 2.51. The molecule has 1 rings (SSSR count). The molecule has 0 fully saturated rings. The van der Waals surface area contributed by atoms with Crippen molar-refractivity contribution in [3.05, 3.63) is 29.3 Å². The summed E-state index contributed by atoms with van der Waals surface area (Å²) in [5, 5.41) is 0. The molecule has 0 nitrogen and oxygen atoms in total. The van der Waals surface area contributed by atoms with Crippen molar-refractivity contribution in [3.8, 4) is 0 Å². The molecule has 0 heterocycles. The van der Waals surface area contributed by atoms with Crippen molar-refractivity contribution in [2.75, 3.05) is 6.26 Å². The third kappa shape index (κ3) is 2.14. The molecule has 0 spiro atoms. The van der Waals surface area contributed by atoms with E-state index in [0.29, 0.717) is 5.88 Å². The van der Waals surface area contributed by atoms with Gasteiger partial charge in [0.05, 0.1) is 0 Å². The molecule has 1 aromatic carbocycles. The van der Waals surface area contributed by atoms with Gasteiger partial charge in [0.2, 0.25) is 0 Å². The van der Waals surface area contributed by atoms with E-state index < -0.39 is 0 Å². The van der Waals surface area contributed by atoms with E-state index in [2.05, 4.69) is 31.4 Å². The van der Waals surface area contributed by atoms with Gasteiger partial charge in [-0.3, -0.25) is 0 Å². The van der Waals surface area contributed by atoms with Crippen LogP contribution in [0.3, 0.4) is 0 Å². The highest BCUT2D eigenvalue weighted by Crippen LogP contribution is 2.22. The highest BCUT2D eigenvalue weighted by atomic mass is 35.5. The van der Waals surface area contributed by atoms with Crippen molar-refractivity contribution in [2.45, 2.75) is 17.7 Å². The third-order valence-corrected chi connectivity index (χ3v) is 2.71. The predicted molar refractivity (Wildman–Crippen MR) is 52.5 cm³/mol. The molecule has 0 N–H and O–H groups in total. The Morgan fingerprint density at radius 2 is 2.18 bits per heavy atom. The summed E-state index contributed by atoms with van der Waals surface area (Å²) in [6.07, 6.45) is 2.07. The molecule has 0 aliphatic heterocycles. The Hall–Kier alpha value is -0.140. The van der Waals surface area contributed by atoms with Gasteiger partial charge in [-0.1, -0.05) is 17.7 Å². The van der Waals surface area contributed by atoms with Gasteiger partial charge in [-0.25, -0.2) is 0 Å². The van der Waals surface area contributed by atoms with Crippen molar-refractivity contribution in [1.82, 2.24) is 0 Å². The summed E-state index contributed by atoms with van der Waals surface area (Å²) >= 11 is 7.51. The van der Waals surface area contributed by atoms with Crippen LogP contribution in [0, 0.1) is 6.92 Å². The van der Waals surface area contributed by atoms with Gasteiger partial charge >= 0.3 is 0 Å². The van der Waals surface area contributed by atoms with Gasteiger partial charge in [-0.15, -0.1) is 23.4 Å². The molecule has 0 aromatic heterocycles. The predicted octanol–water partition coefficient (Wildman–Crippen LogP) is 3.46. The fourth-order valence-electron chi connectivity index (χ4n) is 1.01.